The highest BCUT2D eigenvalue weighted by atomic mass is 16.5. The molecule has 0 aliphatic heterocycles. The van der Waals surface area contributed by atoms with Gasteiger partial charge in [-0.3, -0.25) is 4.79 Å². The topological polar surface area (TPSA) is 76.2 Å². The number of hydrogen-bond donors (Lipinski definition) is 1. The van der Waals surface area contributed by atoms with Crippen LogP contribution in [0.4, 0.5) is 0 Å². The molecule has 0 amide bonds. The molecule has 0 bridgehead atoms. The van der Waals surface area contributed by atoms with Gasteiger partial charge in [-0.2, -0.15) is 4.98 Å². The number of aliphatic carboxylic acids is 1. The summed E-state index contributed by atoms with van der Waals surface area (Å²) in [6.07, 6.45) is 4.23. The van der Waals surface area contributed by atoms with Gasteiger partial charge < -0.3 is 9.63 Å². The van der Waals surface area contributed by atoms with Crippen molar-refractivity contribution in [3.8, 4) is 0 Å². The monoisotopic (exact) mass is 224 g/mol. The van der Waals surface area contributed by atoms with Crippen molar-refractivity contribution >= 4 is 5.97 Å². The summed E-state index contributed by atoms with van der Waals surface area (Å²) in [5, 5.41) is 12.9. The van der Waals surface area contributed by atoms with Crippen molar-refractivity contribution in [1.82, 2.24) is 10.1 Å². The zero-order valence-electron chi connectivity index (χ0n) is 9.35. The summed E-state index contributed by atoms with van der Waals surface area (Å²) >= 11 is 0. The molecule has 5 nitrogen and oxygen atoms in total. The van der Waals surface area contributed by atoms with Crippen molar-refractivity contribution in [2.24, 2.45) is 5.92 Å². The van der Waals surface area contributed by atoms with Crippen LogP contribution in [0.2, 0.25) is 0 Å². The number of rotatable bonds is 4. The lowest BCUT2D eigenvalue weighted by molar-refractivity contribution is -0.142. The fraction of sp³-hybridized carbons (Fsp3) is 0.727. The first kappa shape index (κ1) is 11.1. The Hall–Kier alpha value is -1.39. The number of aromatic nitrogens is 2. The second-order valence-corrected chi connectivity index (χ2v) is 4.28. The molecule has 2 atom stereocenters. The van der Waals surface area contributed by atoms with E-state index in [1.54, 1.807) is 0 Å². The number of hydrogen-bond acceptors (Lipinski definition) is 4. The van der Waals surface area contributed by atoms with E-state index in [4.69, 9.17) is 9.63 Å². The van der Waals surface area contributed by atoms with Crippen LogP contribution in [0.3, 0.4) is 0 Å². The Balaban J connectivity index is 2.13. The molecule has 0 radical (unpaired) electrons. The smallest absolute Gasteiger partial charge is 0.307 e. The Labute approximate surface area is 93.9 Å². The van der Waals surface area contributed by atoms with Crippen molar-refractivity contribution in [1.29, 1.82) is 0 Å². The van der Waals surface area contributed by atoms with Crippen molar-refractivity contribution < 1.29 is 14.4 Å². The third-order valence-corrected chi connectivity index (χ3v) is 3.11. The molecule has 1 aromatic heterocycles. The van der Waals surface area contributed by atoms with Gasteiger partial charge in [0.25, 0.3) is 0 Å². The standard InChI is InChI=1S/C11H16N2O3/c1-2-4-9-12-10(16-13-9)7-5-3-6-8(7)11(14)15/h7-8H,2-6H2,1H3,(H,14,15). The summed E-state index contributed by atoms with van der Waals surface area (Å²) in [4.78, 5) is 15.3. The third-order valence-electron chi connectivity index (χ3n) is 3.11. The van der Waals surface area contributed by atoms with E-state index in [1.165, 1.54) is 0 Å². The van der Waals surface area contributed by atoms with Crippen molar-refractivity contribution in [2.75, 3.05) is 0 Å². The lowest BCUT2D eigenvalue weighted by Crippen LogP contribution is -2.17. The van der Waals surface area contributed by atoms with Crippen LogP contribution in [0.25, 0.3) is 0 Å². The lowest BCUT2D eigenvalue weighted by Gasteiger charge is -2.09. The fourth-order valence-electron chi connectivity index (χ4n) is 2.29. The fourth-order valence-corrected chi connectivity index (χ4v) is 2.29. The van der Waals surface area contributed by atoms with Gasteiger partial charge in [-0.05, 0) is 19.3 Å². The zero-order valence-corrected chi connectivity index (χ0v) is 9.35. The molecular weight excluding hydrogens is 208 g/mol. The minimum absolute atomic E-state index is 0.0874. The van der Waals surface area contributed by atoms with E-state index in [2.05, 4.69) is 10.1 Å². The van der Waals surface area contributed by atoms with Gasteiger partial charge in [0.2, 0.25) is 5.89 Å². The van der Waals surface area contributed by atoms with Gasteiger partial charge in [0.1, 0.15) is 0 Å². The average molecular weight is 224 g/mol. The van der Waals surface area contributed by atoms with Crippen molar-refractivity contribution in [3.63, 3.8) is 0 Å². The molecule has 5 heteroatoms. The van der Waals surface area contributed by atoms with E-state index in [0.29, 0.717) is 18.1 Å². The molecule has 1 aliphatic rings. The predicted octanol–water partition coefficient (Wildman–Crippen LogP) is 1.99. The van der Waals surface area contributed by atoms with Gasteiger partial charge in [-0.15, -0.1) is 0 Å². The minimum Gasteiger partial charge on any atom is -0.481 e. The Morgan fingerprint density at radius 3 is 3.06 bits per heavy atom. The normalized spacial score (nSPS) is 24.8. The summed E-state index contributed by atoms with van der Waals surface area (Å²) in [7, 11) is 0. The first-order valence-electron chi connectivity index (χ1n) is 5.77. The van der Waals surface area contributed by atoms with E-state index in [-0.39, 0.29) is 11.8 Å². The SMILES string of the molecule is CCCc1noc(C2CCCC2C(=O)O)n1. The number of carboxylic acids is 1. The quantitative estimate of drug-likeness (QED) is 0.846. The van der Waals surface area contributed by atoms with Crippen molar-refractivity contribution in [3.05, 3.63) is 11.7 Å². The summed E-state index contributed by atoms with van der Waals surface area (Å²) in [6, 6.07) is 0. The van der Waals surface area contributed by atoms with E-state index >= 15 is 0 Å². The van der Waals surface area contributed by atoms with Crippen LogP contribution in [0.5, 0.6) is 0 Å². The number of carboxylic acid groups (broad SMARTS) is 1. The molecule has 0 saturated heterocycles. The second kappa shape index (κ2) is 4.63. The molecule has 1 saturated carbocycles. The van der Waals surface area contributed by atoms with E-state index in [1.807, 2.05) is 6.92 Å². The van der Waals surface area contributed by atoms with Crippen LogP contribution in [0.1, 0.15) is 50.2 Å². The molecule has 1 N–H and O–H groups in total. The molecule has 0 spiro atoms. The Bertz CT molecular complexity index is 375. The third kappa shape index (κ3) is 2.08. The van der Waals surface area contributed by atoms with E-state index in [0.717, 1.165) is 25.7 Å². The summed E-state index contributed by atoms with van der Waals surface area (Å²) in [5.74, 6) is 0.00478. The highest BCUT2D eigenvalue weighted by Gasteiger charge is 2.37. The Kier molecular flexibility index (Phi) is 3.22. The highest BCUT2D eigenvalue weighted by Crippen LogP contribution is 2.38. The first-order chi connectivity index (χ1) is 7.72. The summed E-state index contributed by atoms with van der Waals surface area (Å²) in [6.45, 7) is 2.05. The number of nitrogens with zero attached hydrogens (tertiary/aromatic N) is 2. The van der Waals surface area contributed by atoms with E-state index < -0.39 is 5.97 Å². The van der Waals surface area contributed by atoms with Crippen molar-refractivity contribution in [2.45, 2.75) is 44.9 Å². The highest BCUT2D eigenvalue weighted by molar-refractivity contribution is 5.71. The lowest BCUT2D eigenvalue weighted by atomic mass is 9.96. The molecule has 1 aliphatic carbocycles. The van der Waals surface area contributed by atoms with Gasteiger partial charge in [-0.1, -0.05) is 18.5 Å². The Morgan fingerprint density at radius 1 is 1.56 bits per heavy atom. The molecule has 2 unspecified atom stereocenters. The first-order valence-corrected chi connectivity index (χ1v) is 5.77. The van der Waals surface area contributed by atoms with Gasteiger partial charge in [-0.25, -0.2) is 0 Å². The molecule has 88 valence electrons. The maximum Gasteiger partial charge on any atom is 0.307 e. The second-order valence-electron chi connectivity index (χ2n) is 4.28. The van der Waals surface area contributed by atoms with E-state index in [9.17, 15) is 4.79 Å². The van der Waals surface area contributed by atoms with Crippen LogP contribution in [-0.4, -0.2) is 21.2 Å². The molecular formula is C11H16N2O3. The van der Waals surface area contributed by atoms with Gasteiger partial charge in [0.15, 0.2) is 5.82 Å². The molecule has 1 fully saturated rings. The minimum atomic E-state index is -0.752. The van der Waals surface area contributed by atoms with Crippen LogP contribution in [0, 0.1) is 5.92 Å². The van der Waals surface area contributed by atoms with Crippen LogP contribution in [0.15, 0.2) is 4.52 Å². The van der Waals surface area contributed by atoms with Crippen LogP contribution in [-0.2, 0) is 11.2 Å². The van der Waals surface area contributed by atoms with Crippen LogP contribution < -0.4 is 0 Å². The largest absolute Gasteiger partial charge is 0.481 e. The predicted molar refractivity (Wildman–Crippen MR) is 56.0 cm³/mol. The number of carbonyl (C=O) groups is 1. The van der Waals surface area contributed by atoms with Gasteiger partial charge in [0, 0.05) is 6.42 Å². The average Bonchev–Trinajstić information content (AvgIpc) is 2.83. The van der Waals surface area contributed by atoms with Crippen LogP contribution >= 0.6 is 0 Å². The van der Waals surface area contributed by atoms with Gasteiger partial charge in [0.05, 0.1) is 11.8 Å². The maximum absolute atomic E-state index is 11.0. The summed E-state index contributed by atoms with van der Waals surface area (Å²) < 4.78 is 5.16. The zero-order chi connectivity index (χ0) is 11.5. The number of aryl methyl sites for hydroxylation is 1. The molecule has 0 aromatic carbocycles. The molecule has 16 heavy (non-hydrogen) atoms. The maximum atomic E-state index is 11.0. The summed E-state index contributed by atoms with van der Waals surface area (Å²) in [5.41, 5.74) is 0. The Morgan fingerprint density at radius 2 is 2.38 bits per heavy atom. The molecule has 1 aromatic rings. The molecule has 2 rings (SSSR count). The van der Waals surface area contributed by atoms with Gasteiger partial charge >= 0.3 is 5.97 Å². The molecule has 1 heterocycles.